The number of hydrogen-bond acceptors (Lipinski definition) is 6. The van der Waals surface area contributed by atoms with Crippen molar-refractivity contribution in [3.63, 3.8) is 0 Å². The predicted molar refractivity (Wildman–Crippen MR) is 121 cm³/mol. The molecular formula is C25H31N3O3. The van der Waals surface area contributed by atoms with E-state index in [1.807, 2.05) is 32.0 Å². The minimum atomic E-state index is -0.426. The molecule has 0 saturated carbocycles. The Bertz CT molecular complexity index is 964. The number of nitrogens with zero attached hydrogens (tertiary/aromatic N) is 3. The molecule has 0 aliphatic carbocycles. The number of ether oxygens (including phenoxy) is 3. The number of hydrogen-bond donors (Lipinski definition) is 0. The van der Waals surface area contributed by atoms with Crippen LogP contribution in [0.5, 0.6) is 17.2 Å². The Labute approximate surface area is 184 Å². The first-order chi connectivity index (χ1) is 15.1. The first-order valence-corrected chi connectivity index (χ1v) is 11.4. The average Bonchev–Trinajstić information content (AvgIpc) is 3.24. The maximum Gasteiger partial charge on any atom is 0.200 e. The number of likely N-dealkylation sites (tertiary alicyclic amines) is 1. The molecule has 1 fully saturated rings. The Balaban J connectivity index is 1.54. The Kier molecular flexibility index (Phi) is 5.26. The normalized spacial score (nSPS) is 21.8. The zero-order valence-corrected chi connectivity index (χ0v) is 18.6. The van der Waals surface area contributed by atoms with E-state index in [1.165, 1.54) is 5.56 Å². The topological polar surface area (TPSA) is 46.5 Å². The summed E-state index contributed by atoms with van der Waals surface area (Å²) in [5.74, 6) is 2.63. The van der Waals surface area contributed by atoms with Crippen molar-refractivity contribution in [2.75, 3.05) is 33.4 Å². The SMILES string of the molecule is CCOc1ccc(C2=NN3[C@@H](C2)c2cccc(OCC)c2OC32CCN(C)CC2)cc1. The summed E-state index contributed by atoms with van der Waals surface area (Å²) < 4.78 is 18.4. The van der Waals surface area contributed by atoms with Gasteiger partial charge in [-0.2, -0.15) is 5.10 Å². The van der Waals surface area contributed by atoms with E-state index >= 15 is 0 Å². The highest BCUT2D eigenvalue weighted by atomic mass is 16.6. The van der Waals surface area contributed by atoms with Crippen molar-refractivity contribution in [2.45, 2.75) is 44.9 Å². The lowest BCUT2D eigenvalue weighted by molar-refractivity contribution is -0.148. The quantitative estimate of drug-likeness (QED) is 0.714. The largest absolute Gasteiger partial charge is 0.494 e. The fourth-order valence-corrected chi connectivity index (χ4v) is 4.92. The Morgan fingerprint density at radius 3 is 2.48 bits per heavy atom. The second kappa shape index (κ2) is 8.08. The lowest BCUT2D eigenvalue weighted by atomic mass is 9.90. The van der Waals surface area contributed by atoms with Crippen LogP contribution in [0.25, 0.3) is 0 Å². The zero-order valence-electron chi connectivity index (χ0n) is 18.6. The molecule has 6 heteroatoms. The molecule has 0 N–H and O–H groups in total. The van der Waals surface area contributed by atoms with E-state index < -0.39 is 5.72 Å². The van der Waals surface area contributed by atoms with Gasteiger partial charge in [0.25, 0.3) is 0 Å². The molecule has 1 spiro atoms. The van der Waals surface area contributed by atoms with Gasteiger partial charge in [-0.3, -0.25) is 0 Å². The molecule has 3 heterocycles. The van der Waals surface area contributed by atoms with Crippen molar-refractivity contribution < 1.29 is 14.2 Å². The first-order valence-electron chi connectivity index (χ1n) is 11.4. The van der Waals surface area contributed by atoms with Crippen molar-refractivity contribution in [2.24, 2.45) is 5.10 Å². The van der Waals surface area contributed by atoms with E-state index in [0.717, 1.165) is 60.9 Å². The highest BCUT2D eigenvalue weighted by Crippen LogP contribution is 2.52. The number of piperidine rings is 1. The minimum Gasteiger partial charge on any atom is -0.494 e. The molecule has 31 heavy (non-hydrogen) atoms. The van der Waals surface area contributed by atoms with Crippen LogP contribution < -0.4 is 14.2 Å². The smallest absolute Gasteiger partial charge is 0.200 e. The van der Waals surface area contributed by atoms with Gasteiger partial charge in [-0.25, -0.2) is 5.01 Å². The molecule has 0 radical (unpaired) electrons. The highest BCUT2D eigenvalue weighted by Gasteiger charge is 2.52. The van der Waals surface area contributed by atoms with Crippen LogP contribution in [-0.4, -0.2) is 54.7 Å². The van der Waals surface area contributed by atoms with E-state index in [9.17, 15) is 0 Å². The van der Waals surface area contributed by atoms with Crippen LogP contribution in [0.1, 0.15) is 50.3 Å². The Morgan fingerprint density at radius 2 is 1.77 bits per heavy atom. The number of rotatable bonds is 5. The van der Waals surface area contributed by atoms with Crippen molar-refractivity contribution in [1.82, 2.24) is 9.91 Å². The second-order valence-corrected chi connectivity index (χ2v) is 8.53. The summed E-state index contributed by atoms with van der Waals surface area (Å²) in [6, 6.07) is 14.7. The van der Waals surface area contributed by atoms with Crippen LogP contribution in [0.4, 0.5) is 0 Å². The molecule has 0 amide bonds. The van der Waals surface area contributed by atoms with E-state index in [2.05, 4.69) is 41.2 Å². The average molecular weight is 422 g/mol. The molecule has 0 bridgehead atoms. The zero-order chi connectivity index (χ0) is 21.4. The summed E-state index contributed by atoms with van der Waals surface area (Å²) in [7, 11) is 2.17. The van der Waals surface area contributed by atoms with Crippen molar-refractivity contribution >= 4 is 5.71 Å². The van der Waals surface area contributed by atoms with Gasteiger partial charge in [-0.05, 0) is 56.8 Å². The maximum atomic E-state index is 6.79. The monoisotopic (exact) mass is 421 g/mol. The summed E-state index contributed by atoms with van der Waals surface area (Å²) in [5.41, 5.74) is 2.98. The van der Waals surface area contributed by atoms with Gasteiger partial charge >= 0.3 is 0 Å². The third kappa shape index (κ3) is 3.53. The number of benzene rings is 2. The highest BCUT2D eigenvalue weighted by molar-refractivity contribution is 6.02. The summed E-state index contributed by atoms with van der Waals surface area (Å²) in [6.07, 6.45) is 2.69. The van der Waals surface area contributed by atoms with Gasteiger partial charge in [-0.15, -0.1) is 0 Å². The third-order valence-electron chi connectivity index (χ3n) is 6.56. The Hall–Kier alpha value is -2.73. The standard InChI is InChI=1S/C25H31N3O3/c1-4-29-19-11-9-18(10-12-19)21-17-22-20-7-6-8-23(30-5-2)24(20)31-25(28(22)26-21)13-15-27(3)16-14-25/h6-12,22H,4-5,13-17H2,1-3H3/t22-/m0/s1. The molecule has 2 aromatic carbocycles. The van der Waals surface area contributed by atoms with Gasteiger partial charge in [0.2, 0.25) is 5.72 Å². The molecule has 164 valence electrons. The van der Waals surface area contributed by atoms with Gasteiger partial charge in [0.05, 0.1) is 25.0 Å². The van der Waals surface area contributed by atoms with E-state index in [0.29, 0.717) is 13.2 Å². The summed E-state index contributed by atoms with van der Waals surface area (Å²) in [5, 5.41) is 7.41. The van der Waals surface area contributed by atoms with Crippen molar-refractivity contribution in [3.8, 4) is 17.2 Å². The van der Waals surface area contributed by atoms with Crippen LogP contribution in [0.2, 0.25) is 0 Å². The fraction of sp³-hybridized carbons (Fsp3) is 0.480. The minimum absolute atomic E-state index is 0.161. The van der Waals surface area contributed by atoms with Crippen LogP contribution in [0.3, 0.4) is 0 Å². The van der Waals surface area contributed by atoms with E-state index in [1.54, 1.807) is 0 Å². The summed E-state index contributed by atoms with van der Waals surface area (Å²) >= 11 is 0. The number of para-hydroxylation sites is 1. The molecular weight excluding hydrogens is 390 g/mol. The lowest BCUT2D eigenvalue weighted by Gasteiger charge is -2.51. The predicted octanol–water partition coefficient (Wildman–Crippen LogP) is 4.45. The molecule has 1 atom stereocenters. The molecule has 1 saturated heterocycles. The molecule has 3 aliphatic heterocycles. The van der Waals surface area contributed by atoms with Crippen molar-refractivity contribution in [3.05, 3.63) is 53.6 Å². The lowest BCUT2D eigenvalue weighted by Crippen LogP contribution is -2.58. The van der Waals surface area contributed by atoms with Crippen LogP contribution in [0, 0.1) is 0 Å². The molecule has 6 nitrogen and oxygen atoms in total. The fourth-order valence-electron chi connectivity index (χ4n) is 4.92. The van der Waals surface area contributed by atoms with Gasteiger partial charge in [0, 0.05) is 37.9 Å². The molecule has 3 aliphatic rings. The molecule has 0 aromatic heterocycles. The number of hydrazone groups is 1. The Morgan fingerprint density at radius 1 is 1.03 bits per heavy atom. The molecule has 0 unspecified atom stereocenters. The summed E-state index contributed by atoms with van der Waals surface area (Å²) in [6.45, 7) is 7.29. The van der Waals surface area contributed by atoms with Crippen molar-refractivity contribution in [1.29, 1.82) is 0 Å². The maximum absolute atomic E-state index is 6.79. The molecule has 5 rings (SSSR count). The second-order valence-electron chi connectivity index (χ2n) is 8.53. The number of fused-ring (bicyclic) bond motifs is 4. The first kappa shape index (κ1) is 20.2. The van der Waals surface area contributed by atoms with Crippen LogP contribution >= 0.6 is 0 Å². The van der Waals surface area contributed by atoms with Gasteiger partial charge in [-0.1, -0.05) is 12.1 Å². The van der Waals surface area contributed by atoms with Crippen LogP contribution in [-0.2, 0) is 0 Å². The van der Waals surface area contributed by atoms with Gasteiger partial charge in [0.1, 0.15) is 5.75 Å². The van der Waals surface area contributed by atoms with Gasteiger partial charge < -0.3 is 19.1 Å². The molecule has 2 aromatic rings. The van der Waals surface area contributed by atoms with E-state index in [4.69, 9.17) is 19.3 Å². The third-order valence-corrected chi connectivity index (χ3v) is 6.56. The van der Waals surface area contributed by atoms with Gasteiger partial charge in [0.15, 0.2) is 11.5 Å². The van der Waals surface area contributed by atoms with Crippen LogP contribution in [0.15, 0.2) is 47.6 Å². The van der Waals surface area contributed by atoms with E-state index in [-0.39, 0.29) is 6.04 Å². The summed E-state index contributed by atoms with van der Waals surface area (Å²) in [4.78, 5) is 2.36.